The molecule has 0 spiro atoms. The lowest BCUT2D eigenvalue weighted by Crippen LogP contribution is -2.49. The van der Waals surface area contributed by atoms with E-state index in [1.807, 2.05) is 18.5 Å². The first kappa shape index (κ1) is 21.8. The third-order valence-electron chi connectivity index (χ3n) is 6.19. The summed E-state index contributed by atoms with van der Waals surface area (Å²) in [4.78, 5) is 12.0. The van der Waals surface area contributed by atoms with Gasteiger partial charge in [-0.25, -0.2) is 9.98 Å². The molecule has 2 N–H and O–H groups in total. The second kappa shape index (κ2) is 11.3. The molecule has 0 bridgehead atoms. The van der Waals surface area contributed by atoms with E-state index in [4.69, 9.17) is 9.73 Å². The predicted octanol–water partition coefficient (Wildman–Crippen LogP) is 2.49. The number of guanidine groups is 1. The number of ether oxygens (including phenoxy) is 1. The van der Waals surface area contributed by atoms with Crippen LogP contribution in [-0.4, -0.2) is 65.8 Å². The van der Waals surface area contributed by atoms with Crippen molar-refractivity contribution in [3.05, 3.63) is 54.1 Å². The van der Waals surface area contributed by atoms with Crippen LogP contribution in [0, 0.1) is 5.92 Å². The molecule has 2 aliphatic rings. The minimum atomic E-state index is 0.470. The number of benzene rings is 1. The van der Waals surface area contributed by atoms with Crippen LogP contribution in [0.5, 0.6) is 0 Å². The van der Waals surface area contributed by atoms with Gasteiger partial charge in [-0.15, -0.1) is 0 Å². The maximum absolute atomic E-state index is 5.53. The topological polar surface area (TPSA) is 66.7 Å². The number of rotatable bonds is 8. The molecule has 2 aliphatic heterocycles. The van der Waals surface area contributed by atoms with E-state index >= 15 is 0 Å². The van der Waals surface area contributed by atoms with Crippen molar-refractivity contribution in [3.8, 4) is 0 Å². The predicted molar refractivity (Wildman–Crippen MR) is 124 cm³/mol. The second-order valence-corrected chi connectivity index (χ2v) is 8.60. The fourth-order valence-corrected chi connectivity index (χ4v) is 4.43. The summed E-state index contributed by atoms with van der Waals surface area (Å²) in [6.07, 6.45) is 7.42. The molecule has 3 heterocycles. The van der Waals surface area contributed by atoms with Crippen molar-refractivity contribution >= 4 is 5.96 Å². The summed E-state index contributed by atoms with van der Waals surface area (Å²) in [7, 11) is 0. The van der Waals surface area contributed by atoms with Gasteiger partial charge in [-0.05, 0) is 37.7 Å². The summed E-state index contributed by atoms with van der Waals surface area (Å²) in [5.74, 6) is 2.59. The molecule has 1 aromatic carbocycles. The Labute approximate surface area is 185 Å². The molecule has 2 saturated heterocycles. The highest BCUT2D eigenvalue weighted by Gasteiger charge is 2.24. The Morgan fingerprint density at radius 2 is 2.03 bits per heavy atom. The van der Waals surface area contributed by atoms with Crippen molar-refractivity contribution in [2.24, 2.45) is 10.9 Å². The van der Waals surface area contributed by atoms with E-state index in [0.717, 1.165) is 69.9 Å². The van der Waals surface area contributed by atoms with Crippen molar-refractivity contribution in [1.29, 1.82) is 0 Å². The number of piperidine rings is 1. The molecular formula is C24H36N6O. The molecule has 0 aliphatic carbocycles. The van der Waals surface area contributed by atoms with Crippen LogP contribution in [0.25, 0.3) is 0 Å². The summed E-state index contributed by atoms with van der Waals surface area (Å²) in [5, 5.41) is 7.06. The lowest BCUT2D eigenvalue weighted by Gasteiger charge is -2.34. The number of nitrogens with zero attached hydrogens (tertiary/aromatic N) is 4. The van der Waals surface area contributed by atoms with E-state index in [1.165, 1.54) is 18.5 Å². The third kappa shape index (κ3) is 6.55. The van der Waals surface area contributed by atoms with Gasteiger partial charge in [0.2, 0.25) is 0 Å². The van der Waals surface area contributed by atoms with Crippen LogP contribution in [0.2, 0.25) is 0 Å². The normalized spacial score (nSPS) is 20.8. The SMILES string of the molecule is CCNC(=NCc1nccn1Cc1ccccc1)NC1CCN(CC2CCOC2)CC1. The number of hydrogen-bond donors (Lipinski definition) is 2. The van der Waals surface area contributed by atoms with Gasteiger partial charge < -0.3 is 24.8 Å². The number of hydrogen-bond acceptors (Lipinski definition) is 4. The van der Waals surface area contributed by atoms with Crippen molar-refractivity contribution in [3.63, 3.8) is 0 Å². The number of likely N-dealkylation sites (tertiary alicyclic amines) is 1. The Morgan fingerprint density at radius 3 is 2.77 bits per heavy atom. The molecule has 4 rings (SSSR count). The minimum absolute atomic E-state index is 0.470. The van der Waals surface area contributed by atoms with Gasteiger partial charge in [0.05, 0.1) is 6.61 Å². The minimum Gasteiger partial charge on any atom is -0.381 e. The van der Waals surface area contributed by atoms with Crippen LogP contribution in [0.4, 0.5) is 0 Å². The molecule has 2 fully saturated rings. The molecule has 1 unspecified atom stereocenters. The van der Waals surface area contributed by atoms with Crippen LogP contribution >= 0.6 is 0 Å². The summed E-state index contributed by atoms with van der Waals surface area (Å²) >= 11 is 0. The zero-order valence-corrected chi connectivity index (χ0v) is 18.7. The van der Waals surface area contributed by atoms with Crippen LogP contribution in [0.15, 0.2) is 47.7 Å². The maximum Gasteiger partial charge on any atom is 0.191 e. The molecule has 31 heavy (non-hydrogen) atoms. The molecule has 0 saturated carbocycles. The van der Waals surface area contributed by atoms with E-state index in [2.05, 4.69) is 56.3 Å². The molecule has 1 aromatic heterocycles. The molecule has 7 heteroatoms. The molecule has 7 nitrogen and oxygen atoms in total. The van der Waals surface area contributed by atoms with Crippen molar-refractivity contribution < 1.29 is 4.74 Å². The zero-order valence-electron chi connectivity index (χ0n) is 18.7. The van der Waals surface area contributed by atoms with Gasteiger partial charge in [0, 0.05) is 57.8 Å². The quantitative estimate of drug-likeness (QED) is 0.503. The van der Waals surface area contributed by atoms with E-state index < -0.39 is 0 Å². The fourth-order valence-electron chi connectivity index (χ4n) is 4.43. The van der Waals surface area contributed by atoms with Gasteiger partial charge in [0.25, 0.3) is 0 Å². The Hall–Kier alpha value is -2.38. The summed E-state index contributed by atoms with van der Waals surface area (Å²) in [6, 6.07) is 11.0. The van der Waals surface area contributed by atoms with Gasteiger partial charge in [-0.3, -0.25) is 0 Å². The Balaban J connectivity index is 1.28. The zero-order chi connectivity index (χ0) is 21.3. The molecule has 0 amide bonds. The van der Waals surface area contributed by atoms with Gasteiger partial charge in [0.1, 0.15) is 12.4 Å². The van der Waals surface area contributed by atoms with Gasteiger partial charge >= 0.3 is 0 Å². The average Bonchev–Trinajstić information content (AvgIpc) is 3.46. The van der Waals surface area contributed by atoms with Gasteiger partial charge in [0.15, 0.2) is 5.96 Å². The molecule has 168 valence electrons. The van der Waals surface area contributed by atoms with Crippen molar-refractivity contribution in [2.45, 2.75) is 45.3 Å². The number of aromatic nitrogens is 2. The highest BCUT2D eigenvalue weighted by molar-refractivity contribution is 5.80. The Morgan fingerprint density at radius 1 is 1.19 bits per heavy atom. The summed E-state index contributed by atoms with van der Waals surface area (Å²) in [6.45, 7) is 9.71. The Kier molecular flexibility index (Phi) is 7.96. The smallest absolute Gasteiger partial charge is 0.191 e. The van der Waals surface area contributed by atoms with Crippen LogP contribution in [0.1, 0.15) is 37.6 Å². The van der Waals surface area contributed by atoms with Gasteiger partial charge in [-0.1, -0.05) is 30.3 Å². The van der Waals surface area contributed by atoms with Crippen LogP contribution in [0.3, 0.4) is 0 Å². The largest absolute Gasteiger partial charge is 0.381 e. The van der Waals surface area contributed by atoms with E-state index in [1.54, 1.807) is 0 Å². The second-order valence-electron chi connectivity index (χ2n) is 8.60. The standard InChI is InChI=1S/C24H36N6O/c1-2-25-24(28-22-8-12-29(13-9-22)17-21-10-15-31-19-21)27-16-23-26-11-14-30(23)18-20-6-4-3-5-7-20/h3-7,11,14,21-22H,2,8-10,12-13,15-19H2,1H3,(H2,25,27,28). The first-order valence-electron chi connectivity index (χ1n) is 11.7. The van der Waals surface area contributed by atoms with Crippen molar-refractivity contribution in [2.75, 3.05) is 39.4 Å². The lowest BCUT2D eigenvalue weighted by atomic mass is 10.0. The third-order valence-corrected chi connectivity index (χ3v) is 6.19. The summed E-state index contributed by atoms with van der Waals surface area (Å²) in [5.41, 5.74) is 1.27. The van der Waals surface area contributed by atoms with Crippen LogP contribution in [-0.2, 0) is 17.8 Å². The number of imidazole rings is 1. The molecular weight excluding hydrogens is 388 g/mol. The van der Waals surface area contributed by atoms with Crippen LogP contribution < -0.4 is 10.6 Å². The highest BCUT2D eigenvalue weighted by atomic mass is 16.5. The van der Waals surface area contributed by atoms with E-state index in [-0.39, 0.29) is 0 Å². The molecule has 0 radical (unpaired) electrons. The maximum atomic E-state index is 5.53. The van der Waals surface area contributed by atoms with E-state index in [9.17, 15) is 0 Å². The first-order valence-corrected chi connectivity index (χ1v) is 11.7. The average molecular weight is 425 g/mol. The Bertz CT molecular complexity index is 806. The summed E-state index contributed by atoms with van der Waals surface area (Å²) < 4.78 is 7.70. The number of aliphatic imine (C=N–C) groups is 1. The first-order chi connectivity index (χ1) is 15.3. The number of nitrogens with one attached hydrogen (secondary N) is 2. The lowest BCUT2D eigenvalue weighted by molar-refractivity contribution is 0.150. The highest BCUT2D eigenvalue weighted by Crippen LogP contribution is 2.17. The monoisotopic (exact) mass is 424 g/mol. The van der Waals surface area contributed by atoms with E-state index in [0.29, 0.717) is 12.6 Å². The fraction of sp³-hybridized carbons (Fsp3) is 0.583. The van der Waals surface area contributed by atoms with Gasteiger partial charge in [-0.2, -0.15) is 0 Å². The molecule has 1 atom stereocenters. The molecule has 2 aromatic rings. The van der Waals surface area contributed by atoms with Crippen molar-refractivity contribution in [1.82, 2.24) is 25.1 Å².